The van der Waals surface area contributed by atoms with Crippen molar-refractivity contribution >= 4 is 5.91 Å². The van der Waals surface area contributed by atoms with Crippen LogP contribution in [0.5, 0.6) is 0 Å². The van der Waals surface area contributed by atoms with Crippen LogP contribution in [0, 0.1) is 0 Å². The van der Waals surface area contributed by atoms with E-state index in [4.69, 9.17) is 5.11 Å². The fourth-order valence-electron chi connectivity index (χ4n) is 2.05. The van der Waals surface area contributed by atoms with Gasteiger partial charge in [-0.1, -0.05) is 0 Å². The molecule has 1 rings (SSSR count). The quantitative estimate of drug-likeness (QED) is 0.716. The lowest BCUT2D eigenvalue weighted by molar-refractivity contribution is -0.128. The predicted molar refractivity (Wildman–Crippen MR) is 59.6 cm³/mol. The highest BCUT2D eigenvalue weighted by atomic mass is 16.3. The zero-order valence-electron chi connectivity index (χ0n) is 9.78. The lowest BCUT2D eigenvalue weighted by atomic mass is 10.2. The van der Waals surface area contributed by atoms with E-state index in [-0.39, 0.29) is 12.5 Å². The van der Waals surface area contributed by atoms with E-state index in [1.165, 1.54) is 6.42 Å². The van der Waals surface area contributed by atoms with E-state index < -0.39 is 0 Å². The van der Waals surface area contributed by atoms with Crippen molar-refractivity contribution in [3.05, 3.63) is 0 Å². The zero-order chi connectivity index (χ0) is 11.3. The van der Waals surface area contributed by atoms with Crippen LogP contribution in [0.25, 0.3) is 0 Å². The minimum absolute atomic E-state index is 0.190. The molecule has 1 fully saturated rings. The molecule has 1 aliphatic heterocycles. The molecular formula is C11H22N2O2. The molecule has 1 atom stereocenters. The first-order chi connectivity index (χ1) is 7.15. The van der Waals surface area contributed by atoms with Crippen LogP contribution in [0.3, 0.4) is 0 Å². The molecular weight excluding hydrogens is 192 g/mol. The van der Waals surface area contributed by atoms with Gasteiger partial charge in [0.15, 0.2) is 0 Å². The molecule has 0 aromatic heterocycles. The van der Waals surface area contributed by atoms with Gasteiger partial charge in [0, 0.05) is 26.6 Å². The third-order valence-corrected chi connectivity index (χ3v) is 3.04. The van der Waals surface area contributed by atoms with Crippen molar-refractivity contribution in [1.82, 2.24) is 9.80 Å². The van der Waals surface area contributed by atoms with Crippen molar-refractivity contribution in [2.45, 2.75) is 31.7 Å². The number of nitrogens with zero attached hydrogens (tertiary/aromatic N) is 2. The van der Waals surface area contributed by atoms with Crippen LogP contribution >= 0.6 is 0 Å². The van der Waals surface area contributed by atoms with E-state index in [1.54, 1.807) is 19.0 Å². The Balaban J connectivity index is 2.17. The molecule has 4 nitrogen and oxygen atoms in total. The summed E-state index contributed by atoms with van der Waals surface area (Å²) in [4.78, 5) is 15.3. The van der Waals surface area contributed by atoms with Gasteiger partial charge in [-0.15, -0.1) is 0 Å². The standard InChI is InChI=1S/C11H22N2O2/c1-12(2)11(15)6-4-8-13-7-3-5-10(13)9-14/h10,14H,3-9H2,1-2H3/t10-/m1/s1. The summed E-state index contributed by atoms with van der Waals surface area (Å²) in [5.41, 5.74) is 0. The molecule has 0 spiro atoms. The van der Waals surface area contributed by atoms with E-state index in [2.05, 4.69) is 4.90 Å². The van der Waals surface area contributed by atoms with Crippen LogP contribution in [0.2, 0.25) is 0 Å². The molecule has 15 heavy (non-hydrogen) atoms. The average molecular weight is 214 g/mol. The van der Waals surface area contributed by atoms with Crippen LogP contribution in [0.4, 0.5) is 0 Å². The van der Waals surface area contributed by atoms with Crippen LogP contribution in [-0.4, -0.2) is 60.6 Å². The predicted octanol–water partition coefficient (Wildman–Crippen LogP) is 0.311. The van der Waals surface area contributed by atoms with Crippen molar-refractivity contribution in [2.75, 3.05) is 33.8 Å². The molecule has 0 radical (unpaired) electrons. The van der Waals surface area contributed by atoms with E-state index in [0.29, 0.717) is 12.5 Å². The van der Waals surface area contributed by atoms with Gasteiger partial charge in [0.2, 0.25) is 5.91 Å². The summed E-state index contributed by atoms with van der Waals surface area (Å²) in [6.45, 7) is 2.26. The van der Waals surface area contributed by atoms with Crippen LogP contribution in [-0.2, 0) is 4.79 Å². The van der Waals surface area contributed by atoms with Gasteiger partial charge in [0.25, 0.3) is 0 Å². The number of amides is 1. The second-order valence-corrected chi connectivity index (χ2v) is 4.41. The third-order valence-electron chi connectivity index (χ3n) is 3.04. The highest BCUT2D eigenvalue weighted by molar-refractivity contribution is 5.75. The van der Waals surface area contributed by atoms with E-state index in [1.807, 2.05) is 0 Å². The molecule has 1 amide bonds. The molecule has 1 aliphatic rings. The van der Waals surface area contributed by atoms with Crippen LogP contribution in [0.15, 0.2) is 0 Å². The number of likely N-dealkylation sites (tertiary alicyclic amines) is 1. The van der Waals surface area contributed by atoms with Crippen molar-refractivity contribution in [3.63, 3.8) is 0 Å². The summed E-state index contributed by atoms with van der Waals surface area (Å²) in [5, 5.41) is 9.12. The highest BCUT2D eigenvalue weighted by Gasteiger charge is 2.22. The Labute approximate surface area is 91.9 Å². The number of rotatable bonds is 5. The largest absolute Gasteiger partial charge is 0.395 e. The lowest BCUT2D eigenvalue weighted by Crippen LogP contribution is -2.33. The molecule has 1 N–H and O–H groups in total. The molecule has 0 aliphatic carbocycles. The first-order valence-corrected chi connectivity index (χ1v) is 5.70. The number of carbonyl (C=O) groups excluding carboxylic acids is 1. The third kappa shape index (κ3) is 3.80. The molecule has 0 aromatic carbocycles. The fraction of sp³-hybridized carbons (Fsp3) is 0.909. The van der Waals surface area contributed by atoms with Crippen LogP contribution in [0.1, 0.15) is 25.7 Å². The number of hydrogen-bond donors (Lipinski definition) is 1. The van der Waals surface area contributed by atoms with Gasteiger partial charge in [-0.25, -0.2) is 0 Å². The van der Waals surface area contributed by atoms with E-state index in [9.17, 15) is 4.79 Å². The summed E-state index contributed by atoms with van der Waals surface area (Å²) in [6, 6.07) is 0.333. The Morgan fingerprint density at radius 3 is 2.87 bits per heavy atom. The Hall–Kier alpha value is -0.610. The molecule has 1 saturated heterocycles. The summed E-state index contributed by atoms with van der Waals surface area (Å²) in [5.74, 6) is 0.190. The molecule has 88 valence electrons. The summed E-state index contributed by atoms with van der Waals surface area (Å²) in [7, 11) is 3.57. The normalized spacial score (nSPS) is 21.9. The Bertz CT molecular complexity index is 207. The average Bonchev–Trinajstić information content (AvgIpc) is 2.65. The topological polar surface area (TPSA) is 43.8 Å². The van der Waals surface area contributed by atoms with Crippen molar-refractivity contribution in [3.8, 4) is 0 Å². The molecule has 0 aromatic rings. The van der Waals surface area contributed by atoms with Crippen LogP contribution < -0.4 is 0 Å². The number of aliphatic hydroxyl groups is 1. The van der Waals surface area contributed by atoms with Gasteiger partial charge in [-0.2, -0.15) is 0 Å². The van der Waals surface area contributed by atoms with Crippen molar-refractivity contribution in [2.24, 2.45) is 0 Å². The maximum atomic E-state index is 11.3. The maximum Gasteiger partial charge on any atom is 0.222 e. The monoisotopic (exact) mass is 214 g/mol. The van der Waals surface area contributed by atoms with Gasteiger partial charge in [0.05, 0.1) is 6.61 Å². The van der Waals surface area contributed by atoms with Gasteiger partial charge < -0.3 is 10.0 Å². The first kappa shape index (κ1) is 12.5. The fourth-order valence-corrected chi connectivity index (χ4v) is 2.05. The first-order valence-electron chi connectivity index (χ1n) is 5.70. The van der Waals surface area contributed by atoms with Gasteiger partial charge in [-0.05, 0) is 32.4 Å². The molecule has 1 heterocycles. The molecule has 0 saturated carbocycles. The van der Waals surface area contributed by atoms with Crippen molar-refractivity contribution in [1.29, 1.82) is 0 Å². The molecule has 0 bridgehead atoms. The Morgan fingerprint density at radius 2 is 2.27 bits per heavy atom. The van der Waals surface area contributed by atoms with E-state index >= 15 is 0 Å². The summed E-state index contributed by atoms with van der Waals surface area (Å²) < 4.78 is 0. The summed E-state index contributed by atoms with van der Waals surface area (Å²) in [6.07, 6.45) is 3.78. The van der Waals surface area contributed by atoms with Crippen molar-refractivity contribution < 1.29 is 9.90 Å². The van der Waals surface area contributed by atoms with Gasteiger partial charge >= 0.3 is 0 Å². The second-order valence-electron chi connectivity index (χ2n) is 4.41. The number of aliphatic hydroxyl groups excluding tert-OH is 1. The highest BCUT2D eigenvalue weighted by Crippen LogP contribution is 2.16. The molecule has 4 heteroatoms. The minimum Gasteiger partial charge on any atom is -0.395 e. The second kappa shape index (κ2) is 6.08. The lowest BCUT2D eigenvalue weighted by Gasteiger charge is -2.22. The number of hydrogen-bond acceptors (Lipinski definition) is 3. The SMILES string of the molecule is CN(C)C(=O)CCCN1CCC[C@@H]1CO. The minimum atomic E-state index is 0.190. The Kier molecular flexibility index (Phi) is 5.05. The van der Waals surface area contributed by atoms with E-state index in [0.717, 1.165) is 25.9 Å². The Morgan fingerprint density at radius 1 is 1.53 bits per heavy atom. The zero-order valence-corrected chi connectivity index (χ0v) is 9.78. The molecule has 0 unspecified atom stereocenters. The van der Waals surface area contributed by atoms with Gasteiger partial charge in [-0.3, -0.25) is 9.69 Å². The number of carbonyl (C=O) groups is 1. The maximum absolute atomic E-state index is 11.3. The summed E-state index contributed by atoms with van der Waals surface area (Å²) >= 11 is 0. The smallest absolute Gasteiger partial charge is 0.222 e. The van der Waals surface area contributed by atoms with Gasteiger partial charge in [0.1, 0.15) is 0 Å².